The van der Waals surface area contributed by atoms with Gasteiger partial charge >= 0.3 is 0 Å². The molecule has 2 aromatic rings. The highest BCUT2D eigenvalue weighted by molar-refractivity contribution is 5.69. The minimum atomic E-state index is 0.542. The molecule has 0 spiro atoms. The average molecular weight is 266 g/mol. The summed E-state index contributed by atoms with van der Waals surface area (Å²) in [4.78, 5) is 0. The van der Waals surface area contributed by atoms with Crippen LogP contribution in [-0.2, 0) is 0 Å². The normalized spacial score (nSPS) is 11.0. The Morgan fingerprint density at radius 1 is 0.700 bits per heavy atom. The van der Waals surface area contributed by atoms with Crippen LogP contribution in [0.25, 0.3) is 12.2 Å². The summed E-state index contributed by atoms with van der Waals surface area (Å²) in [5, 5.41) is 0. The lowest BCUT2D eigenvalue weighted by atomic mass is 9.94. The number of benzene rings is 2. The molecule has 0 radical (unpaired) electrons. The molecule has 0 aliphatic heterocycles. The Morgan fingerprint density at radius 2 is 1.00 bits per heavy atom. The lowest BCUT2D eigenvalue weighted by molar-refractivity contribution is 0.398. The van der Waals surface area contributed by atoms with Crippen LogP contribution < -0.4 is 0 Å². The van der Waals surface area contributed by atoms with Gasteiger partial charge in [-0.3, -0.25) is 0 Å². The van der Waals surface area contributed by atoms with Gasteiger partial charge in [0, 0.05) is 0 Å². The van der Waals surface area contributed by atoms with Crippen LogP contribution >= 0.6 is 0 Å². The van der Waals surface area contributed by atoms with Crippen molar-refractivity contribution in [1.29, 1.82) is 0 Å². The molecule has 0 aromatic heterocycles. The first kappa shape index (κ1) is 16.2. The SMILES string of the molecule is C(=C/c1ccccc1)/c1ccccc1.CCC(C)(C)C. The van der Waals surface area contributed by atoms with E-state index in [9.17, 15) is 0 Å². The second-order valence-electron chi connectivity index (χ2n) is 6.07. The first-order valence-electron chi connectivity index (χ1n) is 7.29. The molecular weight excluding hydrogens is 240 g/mol. The zero-order valence-corrected chi connectivity index (χ0v) is 13.1. The van der Waals surface area contributed by atoms with Crippen LogP contribution in [0.2, 0.25) is 0 Å². The van der Waals surface area contributed by atoms with E-state index in [1.807, 2.05) is 36.4 Å². The molecule has 0 nitrogen and oxygen atoms in total. The van der Waals surface area contributed by atoms with Gasteiger partial charge in [-0.2, -0.15) is 0 Å². The third kappa shape index (κ3) is 7.58. The van der Waals surface area contributed by atoms with Gasteiger partial charge < -0.3 is 0 Å². The summed E-state index contributed by atoms with van der Waals surface area (Å²) in [6.07, 6.45) is 5.51. The van der Waals surface area contributed by atoms with Gasteiger partial charge in [-0.15, -0.1) is 0 Å². The molecule has 2 aromatic carbocycles. The van der Waals surface area contributed by atoms with E-state index in [2.05, 4.69) is 64.1 Å². The fourth-order valence-corrected chi connectivity index (χ4v) is 1.32. The standard InChI is InChI=1S/C14H12.C6H14/c1-3-7-13(8-4-1)11-12-14-9-5-2-6-10-14;1-5-6(2,3)4/h1-12H;5H2,1-4H3/b12-11-;. The maximum atomic E-state index is 2.24. The van der Waals surface area contributed by atoms with Gasteiger partial charge in [0.05, 0.1) is 0 Å². The van der Waals surface area contributed by atoms with Crippen LogP contribution in [0.4, 0.5) is 0 Å². The summed E-state index contributed by atoms with van der Waals surface area (Å²) in [5.74, 6) is 0. The summed E-state index contributed by atoms with van der Waals surface area (Å²) in [7, 11) is 0. The topological polar surface area (TPSA) is 0 Å². The second kappa shape index (κ2) is 8.37. The zero-order chi connectivity index (χ0) is 14.8. The van der Waals surface area contributed by atoms with Gasteiger partial charge in [0.1, 0.15) is 0 Å². The van der Waals surface area contributed by atoms with Gasteiger partial charge in [-0.05, 0) is 16.5 Å². The van der Waals surface area contributed by atoms with E-state index in [1.165, 1.54) is 17.5 Å². The average Bonchev–Trinajstić information content (AvgIpc) is 2.47. The van der Waals surface area contributed by atoms with Gasteiger partial charge in [0.15, 0.2) is 0 Å². The van der Waals surface area contributed by atoms with E-state index in [1.54, 1.807) is 0 Å². The van der Waals surface area contributed by atoms with E-state index in [0.717, 1.165) is 0 Å². The molecule has 2 rings (SSSR count). The second-order valence-corrected chi connectivity index (χ2v) is 6.07. The molecule has 0 heteroatoms. The van der Waals surface area contributed by atoms with E-state index in [4.69, 9.17) is 0 Å². The molecule has 0 aliphatic carbocycles. The van der Waals surface area contributed by atoms with E-state index in [-0.39, 0.29) is 0 Å². The van der Waals surface area contributed by atoms with Crippen molar-refractivity contribution in [1.82, 2.24) is 0 Å². The maximum absolute atomic E-state index is 2.24. The molecule has 0 fully saturated rings. The highest BCUT2D eigenvalue weighted by Gasteiger charge is 2.03. The molecule has 106 valence electrons. The van der Waals surface area contributed by atoms with E-state index in [0.29, 0.717) is 5.41 Å². The largest absolute Gasteiger partial charge is 0.0649 e. The Balaban J connectivity index is 0.000000286. The Kier molecular flexibility index (Phi) is 6.79. The lowest BCUT2D eigenvalue weighted by Gasteiger charge is -2.12. The van der Waals surface area contributed by atoms with Crippen molar-refractivity contribution in [2.75, 3.05) is 0 Å². The molecule has 0 N–H and O–H groups in total. The predicted molar refractivity (Wildman–Crippen MR) is 91.6 cm³/mol. The van der Waals surface area contributed by atoms with Crippen molar-refractivity contribution in [2.24, 2.45) is 5.41 Å². The van der Waals surface area contributed by atoms with Gasteiger partial charge in [-0.1, -0.05) is 107 Å². The quantitative estimate of drug-likeness (QED) is 0.559. The first-order chi connectivity index (χ1) is 9.51. The summed E-state index contributed by atoms with van der Waals surface area (Å²) in [6.45, 7) is 8.94. The van der Waals surface area contributed by atoms with Crippen molar-refractivity contribution in [2.45, 2.75) is 34.1 Å². The fraction of sp³-hybridized carbons (Fsp3) is 0.300. The smallest absolute Gasteiger partial charge is 0.0256 e. The molecule has 0 saturated heterocycles. The highest BCUT2D eigenvalue weighted by Crippen LogP contribution is 2.16. The Hall–Kier alpha value is -1.82. The molecule has 0 saturated carbocycles. The summed E-state index contributed by atoms with van der Waals surface area (Å²) in [6, 6.07) is 20.6. The van der Waals surface area contributed by atoms with Crippen molar-refractivity contribution >= 4 is 12.2 Å². The van der Waals surface area contributed by atoms with Crippen LogP contribution in [0.1, 0.15) is 45.2 Å². The van der Waals surface area contributed by atoms with Crippen LogP contribution in [0.3, 0.4) is 0 Å². The van der Waals surface area contributed by atoms with E-state index >= 15 is 0 Å². The molecule has 0 aliphatic rings. The number of hydrogen-bond acceptors (Lipinski definition) is 0. The fourth-order valence-electron chi connectivity index (χ4n) is 1.32. The molecule has 0 bridgehead atoms. The van der Waals surface area contributed by atoms with Gasteiger partial charge in [0.25, 0.3) is 0 Å². The number of rotatable bonds is 2. The Bertz CT molecular complexity index is 445. The Morgan fingerprint density at radius 3 is 1.25 bits per heavy atom. The van der Waals surface area contributed by atoms with Crippen molar-refractivity contribution in [3.8, 4) is 0 Å². The predicted octanol–water partition coefficient (Wildman–Crippen LogP) is 6.30. The zero-order valence-electron chi connectivity index (χ0n) is 13.1. The van der Waals surface area contributed by atoms with Crippen LogP contribution in [0.15, 0.2) is 60.7 Å². The van der Waals surface area contributed by atoms with Crippen molar-refractivity contribution in [3.05, 3.63) is 71.8 Å². The Labute approximate surface area is 124 Å². The van der Waals surface area contributed by atoms with E-state index < -0.39 is 0 Å². The van der Waals surface area contributed by atoms with Gasteiger partial charge in [0.2, 0.25) is 0 Å². The molecule has 0 heterocycles. The number of hydrogen-bond donors (Lipinski definition) is 0. The van der Waals surface area contributed by atoms with Crippen LogP contribution in [0.5, 0.6) is 0 Å². The van der Waals surface area contributed by atoms with Crippen LogP contribution in [0, 0.1) is 5.41 Å². The summed E-state index contributed by atoms with van der Waals surface area (Å²) >= 11 is 0. The highest BCUT2D eigenvalue weighted by atomic mass is 14.1. The minimum absolute atomic E-state index is 0.542. The molecule has 0 unspecified atom stereocenters. The first-order valence-corrected chi connectivity index (χ1v) is 7.29. The monoisotopic (exact) mass is 266 g/mol. The van der Waals surface area contributed by atoms with Gasteiger partial charge in [-0.25, -0.2) is 0 Å². The third-order valence-corrected chi connectivity index (χ3v) is 3.13. The molecule has 20 heavy (non-hydrogen) atoms. The molecular formula is C20H26. The van der Waals surface area contributed by atoms with Crippen LogP contribution in [-0.4, -0.2) is 0 Å². The third-order valence-electron chi connectivity index (χ3n) is 3.13. The summed E-state index contributed by atoms with van der Waals surface area (Å²) < 4.78 is 0. The van der Waals surface area contributed by atoms with Crippen molar-refractivity contribution < 1.29 is 0 Å². The van der Waals surface area contributed by atoms with Crippen molar-refractivity contribution in [3.63, 3.8) is 0 Å². The lowest BCUT2D eigenvalue weighted by Crippen LogP contribution is -2.00. The molecule has 0 amide bonds. The minimum Gasteiger partial charge on any atom is -0.0649 e. The maximum Gasteiger partial charge on any atom is -0.0256 e. The molecule has 0 atom stereocenters. The summed E-state index contributed by atoms with van der Waals surface area (Å²) in [5.41, 5.74) is 3.01.